The van der Waals surface area contributed by atoms with E-state index in [2.05, 4.69) is 10.6 Å². The molecule has 0 bridgehead atoms. The second-order valence-electron chi connectivity index (χ2n) is 3.70. The summed E-state index contributed by atoms with van der Waals surface area (Å²) in [6.07, 6.45) is -0.0945. The summed E-state index contributed by atoms with van der Waals surface area (Å²) in [6, 6.07) is -0.602. The van der Waals surface area contributed by atoms with Crippen molar-refractivity contribution in [3.63, 3.8) is 0 Å². The maximum absolute atomic E-state index is 11.3. The second kappa shape index (κ2) is 8.51. The molecule has 7 heteroatoms. The van der Waals surface area contributed by atoms with Gasteiger partial charge in [0.2, 0.25) is 5.91 Å². The molecule has 0 aliphatic rings. The van der Waals surface area contributed by atoms with E-state index < -0.39 is 17.9 Å². The lowest BCUT2D eigenvalue weighted by Gasteiger charge is -2.09. The molecule has 0 radical (unpaired) electrons. The molecule has 3 amide bonds. The molecule has 0 saturated heterocycles. The molecule has 0 saturated carbocycles. The zero-order chi connectivity index (χ0) is 13.3. The number of hydrogen-bond donors (Lipinski definition) is 3. The number of aliphatic carboxylic acids is 1. The van der Waals surface area contributed by atoms with Gasteiger partial charge in [-0.2, -0.15) is 0 Å². The lowest BCUT2D eigenvalue weighted by Crippen LogP contribution is -2.41. The Kier molecular flexibility index (Phi) is 7.70. The van der Waals surface area contributed by atoms with Crippen LogP contribution in [0.15, 0.2) is 0 Å². The number of imide groups is 1. The molecule has 0 aliphatic carbocycles. The molecule has 98 valence electrons. The first-order valence-electron chi connectivity index (χ1n) is 5.24. The quantitative estimate of drug-likeness (QED) is 0.547. The Labute approximate surface area is 99.5 Å². The molecular weight excluding hydrogens is 228 g/mol. The SMILES string of the molecule is COCCNC(=O)NC(=O)CC(C)CC(=O)O. The number of rotatable bonds is 7. The van der Waals surface area contributed by atoms with Gasteiger partial charge in [-0.25, -0.2) is 4.79 Å². The van der Waals surface area contributed by atoms with Crippen molar-refractivity contribution in [1.82, 2.24) is 10.6 Å². The maximum atomic E-state index is 11.3. The third kappa shape index (κ3) is 9.31. The zero-order valence-electron chi connectivity index (χ0n) is 9.99. The van der Waals surface area contributed by atoms with Gasteiger partial charge in [-0.1, -0.05) is 6.92 Å². The molecule has 0 heterocycles. The van der Waals surface area contributed by atoms with E-state index >= 15 is 0 Å². The highest BCUT2D eigenvalue weighted by atomic mass is 16.5. The van der Waals surface area contributed by atoms with Gasteiger partial charge in [-0.3, -0.25) is 14.9 Å². The smallest absolute Gasteiger partial charge is 0.321 e. The highest BCUT2D eigenvalue weighted by Gasteiger charge is 2.14. The van der Waals surface area contributed by atoms with Gasteiger partial charge in [-0.05, 0) is 5.92 Å². The summed E-state index contributed by atoms with van der Waals surface area (Å²) in [4.78, 5) is 32.8. The lowest BCUT2D eigenvalue weighted by atomic mass is 10.0. The van der Waals surface area contributed by atoms with Gasteiger partial charge >= 0.3 is 12.0 Å². The average molecular weight is 246 g/mol. The van der Waals surface area contributed by atoms with Crippen molar-refractivity contribution in [3.8, 4) is 0 Å². The van der Waals surface area contributed by atoms with Gasteiger partial charge in [-0.15, -0.1) is 0 Å². The van der Waals surface area contributed by atoms with E-state index in [1.165, 1.54) is 7.11 Å². The lowest BCUT2D eigenvalue weighted by molar-refractivity contribution is -0.138. The minimum absolute atomic E-state index is 0.00397. The van der Waals surface area contributed by atoms with Crippen LogP contribution in [0.3, 0.4) is 0 Å². The summed E-state index contributed by atoms with van der Waals surface area (Å²) < 4.78 is 4.71. The number of amides is 3. The molecule has 0 aliphatic heterocycles. The fourth-order valence-electron chi connectivity index (χ4n) is 1.18. The normalized spacial score (nSPS) is 11.6. The fraction of sp³-hybridized carbons (Fsp3) is 0.700. The van der Waals surface area contributed by atoms with Crippen LogP contribution in [0.5, 0.6) is 0 Å². The Morgan fingerprint density at radius 1 is 1.29 bits per heavy atom. The van der Waals surface area contributed by atoms with Gasteiger partial charge in [0.15, 0.2) is 0 Å². The molecule has 3 N–H and O–H groups in total. The summed E-state index contributed by atoms with van der Waals surface area (Å²) in [6.45, 7) is 2.30. The molecule has 0 rings (SSSR count). The van der Waals surface area contributed by atoms with Crippen molar-refractivity contribution in [2.45, 2.75) is 19.8 Å². The molecule has 7 nitrogen and oxygen atoms in total. The van der Waals surface area contributed by atoms with Crippen molar-refractivity contribution in [3.05, 3.63) is 0 Å². The Balaban J connectivity index is 3.77. The van der Waals surface area contributed by atoms with Gasteiger partial charge in [0.1, 0.15) is 0 Å². The zero-order valence-corrected chi connectivity index (χ0v) is 9.99. The molecule has 0 aromatic heterocycles. The summed E-state index contributed by atoms with van der Waals surface area (Å²) in [5, 5.41) is 13.0. The molecule has 0 spiro atoms. The van der Waals surface area contributed by atoms with Gasteiger partial charge < -0.3 is 15.2 Å². The van der Waals surface area contributed by atoms with Crippen LogP contribution < -0.4 is 10.6 Å². The van der Waals surface area contributed by atoms with E-state index in [-0.39, 0.29) is 18.8 Å². The van der Waals surface area contributed by atoms with Crippen LogP contribution in [0.2, 0.25) is 0 Å². The molecule has 0 fully saturated rings. The van der Waals surface area contributed by atoms with E-state index in [1.807, 2.05) is 0 Å². The Hall–Kier alpha value is -1.63. The van der Waals surface area contributed by atoms with E-state index in [0.717, 1.165) is 0 Å². The van der Waals surface area contributed by atoms with E-state index in [4.69, 9.17) is 9.84 Å². The largest absolute Gasteiger partial charge is 0.481 e. The van der Waals surface area contributed by atoms with Gasteiger partial charge in [0, 0.05) is 26.5 Å². The van der Waals surface area contributed by atoms with E-state index in [1.54, 1.807) is 6.92 Å². The molecular formula is C10H18N2O5. The highest BCUT2D eigenvalue weighted by Crippen LogP contribution is 2.06. The van der Waals surface area contributed by atoms with Crippen LogP contribution in [0, 0.1) is 5.92 Å². The molecule has 0 aromatic rings. The molecule has 1 atom stereocenters. The highest BCUT2D eigenvalue weighted by molar-refractivity contribution is 5.94. The van der Waals surface area contributed by atoms with Crippen LogP contribution in [0.4, 0.5) is 4.79 Å². The number of urea groups is 1. The van der Waals surface area contributed by atoms with Crippen LogP contribution in [0.25, 0.3) is 0 Å². The van der Waals surface area contributed by atoms with Gasteiger partial charge in [0.25, 0.3) is 0 Å². The predicted molar refractivity (Wildman–Crippen MR) is 59.5 cm³/mol. The van der Waals surface area contributed by atoms with Crippen LogP contribution >= 0.6 is 0 Å². The monoisotopic (exact) mass is 246 g/mol. The minimum Gasteiger partial charge on any atom is -0.481 e. The summed E-state index contributed by atoms with van der Waals surface area (Å²) >= 11 is 0. The Morgan fingerprint density at radius 3 is 2.47 bits per heavy atom. The number of carboxylic acids is 1. The average Bonchev–Trinajstić information content (AvgIpc) is 2.15. The van der Waals surface area contributed by atoms with Crippen molar-refractivity contribution in [1.29, 1.82) is 0 Å². The van der Waals surface area contributed by atoms with Crippen molar-refractivity contribution < 1.29 is 24.2 Å². The summed E-state index contributed by atoms with van der Waals surface area (Å²) in [7, 11) is 1.50. The van der Waals surface area contributed by atoms with E-state index in [9.17, 15) is 14.4 Å². The third-order valence-electron chi connectivity index (χ3n) is 1.90. The number of carbonyl (C=O) groups excluding carboxylic acids is 2. The van der Waals surface area contributed by atoms with Crippen molar-refractivity contribution in [2.75, 3.05) is 20.3 Å². The summed E-state index contributed by atoms with van der Waals surface area (Å²) in [5.74, 6) is -1.76. The first kappa shape index (κ1) is 15.4. The maximum Gasteiger partial charge on any atom is 0.321 e. The molecule has 17 heavy (non-hydrogen) atoms. The number of hydrogen-bond acceptors (Lipinski definition) is 4. The molecule has 1 unspecified atom stereocenters. The Bertz CT molecular complexity index is 280. The van der Waals surface area contributed by atoms with Crippen molar-refractivity contribution in [2.24, 2.45) is 5.92 Å². The number of nitrogens with one attached hydrogen (secondary N) is 2. The van der Waals surface area contributed by atoms with Crippen molar-refractivity contribution >= 4 is 17.9 Å². The summed E-state index contributed by atoms with van der Waals surface area (Å²) in [5.41, 5.74) is 0. The Morgan fingerprint density at radius 2 is 1.94 bits per heavy atom. The first-order valence-corrected chi connectivity index (χ1v) is 5.24. The van der Waals surface area contributed by atoms with Crippen LogP contribution in [-0.2, 0) is 14.3 Å². The number of carboxylic acid groups (broad SMARTS) is 1. The van der Waals surface area contributed by atoms with Gasteiger partial charge in [0.05, 0.1) is 6.61 Å². The molecule has 0 aromatic carbocycles. The predicted octanol–water partition coefficient (Wildman–Crippen LogP) is -0.0405. The van der Waals surface area contributed by atoms with E-state index in [0.29, 0.717) is 13.2 Å². The first-order chi connectivity index (χ1) is 7.95. The number of carbonyl (C=O) groups is 3. The minimum atomic E-state index is -0.963. The third-order valence-corrected chi connectivity index (χ3v) is 1.90. The fourth-order valence-corrected chi connectivity index (χ4v) is 1.18. The second-order valence-corrected chi connectivity index (χ2v) is 3.70. The number of methoxy groups -OCH3 is 1. The standard InChI is InChI=1S/C10H18N2O5/c1-7(6-9(14)15)5-8(13)12-10(16)11-3-4-17-2/h7H,3-6H2,1-2H3,(H,14,15)(H2,11,12,13,16). The van der Waals surface area contributed by atoms with Crippen LogP contribution in [-0.4, -0.2) is 43.3 Å². The topological polar surface area (TPSA) is 105 Å². The van der Waals surface area contributed by atoms with Crippen LogP contribution in [0.1, 0.15) is 19.8 Å². The number of ether oxygens (including phenoxy) is 1.